The maximum Gasteiger partial charge on any atom is 0.433 e. The summed E-state index contributed by atoms with van der Waals surface area (Å²) in [5, 5.41) is 3.30. The van der Waals surface area contributed by atoms with E-state index in [4.69, 9.17) is 4.52 Å². The van der Waals surface area contributed by atoms with Gasteiger partial charge >= 0.3 is 6.18 Å². The molecule has 0 amide bonds. The molecule has 0 N–H and O–H groups in total. The summed E-state index contributed by atoms with van der Waals surface area (Å²) in [4.78, 5) is 11.2. The molecule has 0 spiro atoms. The van der Waals surface area contributed by atoms with Crippen LogP contribution in [-0.4, -0.2) is 20.1 Å². The Morgan fingerprint density at radius 2 is 2.05 bits per heavy atom. The van der Waals surface area contributed by atoms with Gasteiger partial charge in [-0.1, -0.05) is 16.9 Å². The van der Waals surface area contributed by atoms with Crippen LogP contribution in [-0.2, 0) is 6.18 Å². The molecule has 0 aromatic carbocycles. The molecule has 0 fully saturated rings. The van der Waals surface area contributed by atoms with Crippen molar-refractivity contribution >= 4 is 11.8 Å². The lowest BCUT2D eigenvalue weighted by Crippen LogP contribution is -2.09. The number of nitrogens with zero attached hydrogens (tertiary/aromatic N) is 4. The van der Waals surface area contributed by atoms with Crippen LogP contribution >= 0.6 is 11.8 Å². The van der Waals surface area contributed by atoms with Crippen molar-refractivity contribution in [3.63, 3.8) is 0 Å². The Labute approximate surface area is 110 Å². The lowest BCUT2D eigenvalue weighted by Gasteiger charge is -2.08. The van der Waals surface area contributed by atoms with Crippen LogP contribution in [0.2, 0.25) is 0 Å². The van der Waals surface area contributed by atoms with Gasteiger partial charge in [0.1, 0.15) is 5.69 Å². The number of rotatable bonds is 3. The molecule has 1 atom stereocenters. The second-order valence-electron chi connectivity index (χ2n) is 3.66. The topological polar surface area (TPSA) is 64.7 Å². The Kier molecular flexibility index (Phi) is 3.74. The van der Waals surface area contributed by atoms with Crippen LogP contribution in [0.3, 0.4) is 0 Å². The van der Waals surface area contributed by atoms with E-state index in [0.29, 0.717) is 11.7 Å². The average molecular weight is 290 g/mol. The fourth-order valence-corrected chi connectivity index (χ4v) is 2.03. The zero-order chi connectivity index (χ0) is 14.0. The Morgan fingerprint density at radius 1 is 1.32 bits per heavy atom. The van der Waals surface area contributed by atoms with Crippen molar-refractivity contribution < 1.29 is 17.7 Å². The van der Waals surface area contributed by atoms with Crippen LogP contribution < -0.4 is 0 Å². The van der Waals surface area contributed by atoms with E-state index in [-0.39, 0.29) is 10.4 Å². The first-order chi connectivity index (χ1) is 8.86. The molecule has 102 valence electrons. The summed E-state index contributed by atoms with van der Waals surface area (Å²) in [6.07, 6.45) is -3.41. The highest BCUT2D eigenvalue weighted by Crippen LogP contribution is 2.33. The summed E-state index contributed by atoms with van der Waals surface area (Å²) in [5.74, 6) is 0.788. The second-order valence-corrected chi connectivity index (χ2v) is 4.97. The smallest absolute Gasteiger partial charge is 0.338 e. The lowest BCUT2D eigenvalue weighted by atomic mass is 10.4. The van der Waals surface area contributed by atoms with Gasteiger partial charge in [-0.15, -0.1) is 0 Å². The van der Waals surface area contributed by atoms with E-state index in [1.54, 1.807) is 13.8 Å². The standard InChI is InChI=1S/C10H9F3N4OS/c1-5(8-15-6(2)17-18-8)19-9-14-4-3-7(16-9)10(11,12)13/h3-5H,1-2H3. The number of thioether (sulfide) groups is 1. The molecule has 0 bridgehead atoms. The van der Waals surface area contributed by atoms with Gasteiger partial charge in [-0.05, 0) is 19.9 Å². The van der Waals surface area contributed by atoms with Crippen LogP contribution in [0.1, 0.15) is 29.6 Å². The minimum Gasteiger partial charge on any atom is -0.338 e. The molecule has 2 heterocycles. The number of hydrogen-bond acceptors (Lipinski definition) is 6. The Morgan fingerprint density at radius 3 is 2.63 bits per heavy atom. The summed E-state index contributed by atoms with van der Waals surface area (Å²) in [7, 11) is 0. The van der Waals surface area contributed by atoms with Gasteiger partial charge in [0.2, 0.25) is 5.89 Å². The van der Waals surface area contributed by atoms with Gasteiger partial charge in [0.25, 0.3) is 0 Å². The highest BCUT2D eigenvalue weighted by Gasteiger charge is 2.33. The summed E-state index contributed by atoms with van der Waals surface area (Å²) in [6.45, 7) is 3.38. The summed E-state index contributed by atoms with van der Waals surface area (Å²) in [6, 6.07) is 0.825. The van der Waals surface area contributed by atoms with Crippen molar-refractivity contribution in [2.75, 3.05) is 0 Å². The van der Waals surface area contributed by atoms with Crippen molar-refractivity contribution in [1.29, 1.82) is 0 Å². The van der Waals surface area contributed by atoms with Crippen LogP contribution in [0.25, 0.3) is 0 Å². The Hall–Kier alpha value is -1.64. The third-order valence-corrected chi connectivity index (χ3v) is 3.06. The molecule has 2 aromatic rings. The normalized spacial score (nSPS) is 13.5. The SMILES string of the molecule is Cc1noc(C(C)Sc2nccc(C(F)(F)F)n2)n1. The molecule has 1 unspecified atom stereocenters. The zero-order valence-corrected chi connectivity index (χ0v) is 10.8. The van der Waals surface area contributed by atoms with Crippen molar-refractivity contribution in [3.05, 3.63) is 29.7 Å². The predicted molar refractivity (Wildman–Crippen MR) is 60.3 cm³/mol. The molecule has 19 heavy (non-hydrogen) atoms. The maximum atomic E-state index is 12.5. The number of aromatic nitrogens is 4. The van der Waals surface area contributed by atoms with Crippen molar-refractivity contribution in [2.24, 2.45) is 0 Å². The van der Waals surface area contributed by atoms with E-state index in [2.05, 4.69) is 20.1 Å². The molecular weight excluding hydrogens is 281 g/mol. The van der Waals surface area contributed by atoms with Crippen molar-refractivity contribution in [2.45, 2.75) is 30.4 Å². The first kappa shape index (κ1) is 13.8. The quantitative estimate of drug-likeness (QED) is 0.639. The van der Waals surface area contributed by atoms with Crippen LogP contribution in [0.15, 0.2) is 21.9 Å². The van der Waals surface area contributed by atoms with Gasteiger partial charge < -0.3 is 4.52 Å². The summed E-state index contributed by atoms with van der Waals surface area (Å²) in [5.41, 5.74) is -0.973. The number of aryl methyl sites for hydroxylation is 1. The van der Waals surface area contributed by atoms with Crippen LogP contribution in [0.5, 0.6) is 0 Å². The van der Waals surface area contributed by atoms with Crippen molar-refractivity contribution in [1.82, 2.24) is 20.1 Å². The molecule has 0 radical (unpaired) electrons. The molecule has 0 saturated carbocycles. The maximum absolute atomic E-state index is 12.5. The minimum atomic E-state index is -4.48. The van der Waals surface area contributed by atoms with Gasteiger partial charge in [-0.3, -0.25) is 0 Å². The van der Waals surface area contributed by atoms with Gasteiger partial charge in [-0.2, -0.15) is 18.2 Å². The summed E-state index contributed by atoms with van der Waals surface area (Å²) < 4.78 is 42.4. The predicted octanol–water partition coefficient (Wildman–Crippen LogP) is 3.04. The molecule has 9 heteroatoms. The molecule has 5 nitrogen and oxygen atoms in total. The highest BCUT2D eigenvalue weighted by atomic mass is 32.2. The van der Waals surface area contributed by atoms with Gasteiger partial charge in [0, 0.05) is 6.20 Å². The van der Waals surface area contributed by atoms with E-state index in [1.807, 2.05) is 0 Å². The second kappa shape index (κ2) is 5.16. The minimum absolute atomic E-state index is 0.0122. The number of hydrogen-bond donors (Lipinski definition) is 0. The Balaban J connectivity index is 2.15. The van der Waals surface area contributed by atoms with E-state index >= 15 is 0 Å². The average Bonchev–Trinajstić information content (AvgIpc) is 2.75. The van der Waals surface area contributed by atoms with E-state index in [0.717, 1.165) is 24.0 Å². The third-order valence-electron chi connectivity index (χ3n) is 2.10. The van der Waals surface area contributed by atoms with Gasteiger partial charge in [0.15, 0.2) is 11.0 Å². The van der Waals surface area contributed by atoms with Gasteiger partial charge in [-0.25, -0.2) is 9.97 Å². The molecule has 2 aromatic heterocycles. The fourth-order valence-electron chi connectivity index (χ4n) is 1.24. The zero-order valence-electron chi connectivity index (χ0n) is 9.97. The van der Waals surface area contributed by atoms with E-state index in [1.165, 1.54) is 0 Å². The van der Waals surface area contributed by atoms with Crippen molar-refractivity contribution in [3.8, 4) is 0 Å². The first-order valence-corrected chi connectivity index (χ1v) is 6.11. The van der Waals surface area contributed by atoms with Crippen LogP contribution in [0.4, 0.5) is 13.2 Å². The number of alkyl halides is 3. The molecular formula is C10H9F3N4OS. The Bertz CT molecular complexity index is 572. The van der Waals surface area contributed by atoms with E-state index in [9.17, 15) is 13.2 Å². The molecule has 0 aliphatic heterocycles. The van der Waals surface area contributed by atoms with Gasteiger partial charge in [0.05, 0.1) is 5.25 Å². The fraction of sp³-hybridized carbons (Fsp3) is 0.400. The largest absolute Gasteiger partial charge is 0.433 e. The monoisotopic (exact) mass is 290 g/mol. The highest BCUT2D eigenvalue weighted by molar-refractivity contribution is 7.99. The molecule has 0 aliphatic carbocycles. The summed E-state index contributed by atoms with van der Waals surface area (Å²) >= 11 is 1.02. The third kappa shape index (κ3) is 3.43. The first-order valence-electron chi connectivity index (χ1n) is 5.23. The molecule has 2 rings (SSSR count). The van der Waals surface area contributed by atoms with Crippen LogP contribution in [0, 0.1) is 6.92 Å². The molecule has 0 aliphatic rings. The lowest BCUT2D eigenvalue weighted by molar-refractivity contribution is -0.141. The number of halogens is 3. The van der Waals surface area contributed by atoms with E-state index < -0.39 is 11.9 Å². The molecule has 0 saturated heterocycles.